The van der Waals surface area contributed by atoms with Crippen molar-refractivity contribution in [3.05, 3.63) is 63.4 Å². The van der Waals surface area contributed by atoms with Gasteiger partial charge in [-0.2, -0.15) is 0 Å². The summed E-state index contributed by atoms with van der Waals surface area (Å²) in [5.41, 5.74) is 2.95. The van der Waals surface area contributed by atoms with Crippen LogP contribution in [0.4, 0.5) is 0 Å². The van der Waals surface area contributed by atoms with Gasteiger partial charge in [0.2, 0.25) is 0 Å². The molecule has 0 aliphatic rings. The molecule has 0 atom stereocenters. The van der Waals surface area contributed by atoms with Crippen LogP contribution in [-0.4, -0.2) is 19.9 Å². The highest BCUT2D eigenvalue weighted by Gasteiger charge is 2.13. The molecule has 3 aromatic rings. The van der Waals surface area contributed by atoms with Crippen molar-refractivity contribution in [3.8, 4) is 0 Å². The van der Waals surface area contributed by atoms with Crippen LogP contribution in [-0.2, 0) is 18.7 Å². The van der Waals surface area contributed by atoms with Gasteiger partial charge in [-0.25, -0.2) is 9.89 Å². The molecule has 1 N–H and O–H groups in total. The van der Waals surface area contributed by atoms with Crippen molar-refractivity contribution in [1.29, 1.82) is 0 Å². The van der Waals surface area contributed by atoms with Crippen molar-refractivity contribution in [2.45, 2.75) is 37.7 Å². The minimum atomic E-state index is -0.179. The predicted octanol–water partition coefficient (Wildman–Crippen LogP) is 2.71. The molecule has 0 aliphatic heterocycles. The molecule has 0 spiro atoms. The number of hydrogen-bond acceptors (Lipinski definition) is 5. The Balaban J connectivity index is 1.70. The number of nitrogens with one attached hydrogen (secondary N) is 1. The van der Waals surface area contributed by atoms with E-state index in [1.165, 1.54) is 17.3 Å². The van der Waals surface area contributed by atoms with Gasteiger partial charge in [0.1, 0.15) is 5.76 Å². The summed E-state index contributed by atoms with van der Waals surface area (Å²) in [5.74, 6) is 1.49. The van der Waals surface area contributed by atoms with E-state index >= 15 is 0 Å². The van der Waals surface area contributed by atoms with Gasteiger partial charge < -0.3 is 4.52 Å². The molecule has 2 heterocycles. The third-order valence-electron chi connectivity index (χ3n) is 3.72. The molecule has 0 saturated carbocycles. The van der Waals surface area contributed by atoms with Crippen LogP contribution in [0.3, 0.4) is 0 Å². The first-order chi connectivity index (χ1) is 11.1. The summed E-state index contributed by atoms with van der Waals surface area (Å²) in [6, 6.07) is 10.1. The number of nitrogens with zero attached hydrogens (tertiary/aromatic N) is 3. The number of H-pyrrole nitrogens is 1. The van der Waals surface area contributed by atoms with Gasteiger partial charge >= 0.3 is 5.69 Å². The minimum absolute atomic E-state index is 0.179. The second kappa shape index (κ2) is 6.87. The molecular formula is C16H18N4O2S. The highest BCUT2D eigenvalue weighted by molar-refractivity contribution is 7.98. The molecule has 0 aliphatic carbocycles. The maximum atomic E-state index is 12.0. The van der Waals surface area contributed by atoms with Crippen LogP contribution < -0.4 is 5.69 Å². The summed E-state index contributed by atoms with van der Waals surface area (Å²) in [6.45, 7) is 4.41. The summed E-state index contributed by atoms with van der Waals surface area (Å²) in [6.07, 6.45) is 0.791. The Bertz CT molecular complexity index is 816. The third kappa shape index (κ3) is 3.56. The number of aromatic nitrogens is 4. The molecule has 2 aromatic heterocycles. The quantitative estimate of drug-likeness (QED) is 0.703. The molecule has 0 amide bonds. The SMILES string of the molecule is Cc1noc(C)c1CSc1n[nH]c(=O)n1CCc1ccccc1. The Labute approximate surface area is 137 Å². The zero-order chi connectivity index (χ0) is 16.2. The van der Waals surface area contributed by atoms with Crippen LogP contribution >= 0.6 is 11.8 Å². The fourth-order valence-electron chi connectivity index (χ4n) is 2.34. The first-order valence-electron chi connectivity index (χ1n) is 7.39. The fraction of sp³-hybridized carbons (Fsp3) is 0.312. The fourth-order valence-corrected chi connectivity index (χ4v) is 3.47. The molecule has 7 heteroatoms. The molecule has 3 rings (SSSR count). The second-order valence-electron chi connectivity index (χ2n) is 5.29. The lowest BCUT2D eigenvalue weighted by Gasteiger charge is -2.05. The molecular weight excluding hydrogens is 312 g/mol. The van der Waals surface area contributed by atoms with E-state index in [1.807, 2.05) is 32.0 Å². The average molecular weight is 330 g/mol. The number of benzene rings is 1. The first-order valence-corrected chi connectivity index (χ1v) is 8.37. The highest BCUT2D eigenvalue weighted by atomic mass is 32.2. The number of thioether (sulfide) groups is 1. The van der Waals surface area contributed by atoms with Gasteiger partial charge in [-0.3, -0.25) is 4.57 Å². The van der Waals surface area contributed by atoms with Crippen LogP contribution in [0.25, 0.3) is 0 Å². The summed E-state index contributed by atoms with van der Waals surface area (Å²) >= 11 is 1.51. The lowest BCUT2D eigenvalue weighted by molar-refractivity contribution is 0.392. The van der Waals surface area contributed by atoms with Gasteiger partial charge in [0, 0.05) is 17.9 Å². The molecule has 0 bridgehead atoms. The van der Waals surface area contributed by atoms with E-state index < -0.39 is 0 Å². The normalized spacial score (nSPS) is 11.0. The maximum absolute atomic E-state index is 12.0. The molecule has 120 valence electrons. The third-order valence-corrected chi connectivity index (χ3v) is 4.72. The molecule has 1 aromatic carbocycles. The zero-order valence-electron chi connectivity index (χ0n) is 13.1. The molecule has 0 unspecified atom stereocenters. The van der Waals surface area contributed by atoms with Crippen LogP contribution in [0.15, 0.2) is 44.8 Å². The Hall–Kier alpha value is -2.28. The van der Waals surface area contributed by atoms with Gasteiger partial charge in [-0.15, -0.1) is 5.10 Å². The molecule has 0 saturated heterocycles. The van der Waals surface area contributed by atoms with E-state index in [0.29, 0.717) is 17.5 Å². The Morgan fingerprint density at radius 3 is 2.74 bits per heavy atom. The van der Waals surface area contributed by atoms with Crippen molar-refractivity contribution >= 4 is 11.8 Å². The zero-order valence-corrected chi connectivity index (χ0v) is 13.9. The number of hydrogen-bond donors (Lipinski definition) is 1. The Morgan fingerprint density at radius 2 is 2.04 bits per heavy atom. The number of aryl methyl sites for hydroxylation is 3. The average Bonchev–Trinajstić information content (AvgIpc) is 3.07. The van der Waals surface area contributed by atoms with E-state index in [4.69, 9.17) is 4.52 Å². The maximum Gasteiger partial charge on any atom is 0.343 e. The lowest BCUT2D eigenvalue weighted by Crippen LogP contribution is -2.18. The van der Waals surface area contributed by atoms with Crippen molar-refractivity contribution < 1.29 is 4.52 Å². The van der Waals surface area contributed by atoms with Crippen molar-refractivity contribution in [3.63, 3.8) is 0 Å². The summed E-state index contributed by atoms with van der Waals surface area (Å²) in [4.78, 5) is 12.0. The standard InChI is InChI=1S/C16H18N4O2S/c1-11-14(12(2)22-19-11)10-23-16-18-17-15(21)20(16)9-8-13-6-4-3-5-7-13/h3-7H,8-10H2,1-2H3,(H,17,21). The van der Waals surface area contributed by atoms with Crippen molar-refractivity contribution in [2.75, 3.05) is 0 Å². The van der Waals surface area contributed by atoms with Crippen LogP contribution in [0.2, 0.25) is 0 Å². The van der Waals surface area contributed by atoms with Crippen LogP contribution in [0.1, 0.15) is 22.6 Å². The second-order valence-corrected chi connectivity index (χ2v) is 6.23. The van der Waals surface area contributed by atoms with Gasteiger partial charge in [-0.05, 0) is 25.8 Å². The van der Waals surface area contributed by atoms with E-state index in [0.717, 1.165) is 23.4 Å². The first kappa shape index (κ1) is 15.6. The Kier molecular flexibility index (Phi) is 4.66. The van der Waals surface area contributed by atoms with Gasteiger partial charge in [0.05, 0.1) is 5.69 Å². The van der Waals surface area contributed by atoms with Crippen LogP contribution in [0.5, 0.6) is 0 Å². The van der Waals surface area contributed by atoms with E-state index in [-0.39, 0.29) is 5.69 Å². The predicted molar refractivity (Wildman–Crippen MR) is 88.5 cm³/mol. The smallest absolute Gasteiger partial charge is 0.343 e. The van der Waals surface area contributed by atoms with Crippen molar-refractivity contribution in [2.24, 2.45) is 0 Å². The molecule has 23 heavy (non-hydrogen) atoms. The molecule has 0 fully saturated rings. The topological polar surface area (TPSA) is 76.7 Å². The summed E-state index contributed by atoms with van der Waals surface area (Å²) in [7, 11) is 0. The number of aromatic amines is 1. The largest absolute Gasteiger partial charge is 0.361 e. The van der Waals surface area contributed by atoms with E-state index in [1.54, 1.807) is 4.57 Å². The minimum Gasteiger partial charge on any atom is -0.361 e. The Morgan fingerprint density at radius 1 is 1.26 bits per heavy atom. The van der Waals surface area contributed by atoms with E-state index in [2.05, 4.69) is 27.5 Å². The van der Waals surface area contributed by atoms with E-state index in [9.17, 15) is 4.79 Å². The van der Waals surface area contributed by atoms with Gasteiger partial charge in [0.15, 0.2) is 5.16 Å². The molecule has 6 nitrogen and oxygen atoms in total. The summed E-state index contributed by atoms with van der Waals surface area (Å²) in [5, 5.41) is 11.3. The van der Waals surface area contributed by atoms with Crippen LogP contribution in [0, 0.1) is 13.8 Å². The van der Waals surface area contributed by atoms with Gasteiger partial charge in [-0.1, -0.05) is 47.3 Å². The lowest BCUT2D eigenvalue weighted by atomic mass is 10.1. The summed E-state index contributed by atoms with van der Waals surface area (Å²) < 4.78 is 6.84. The highest BCUT2D eigenvalue weighted by Crippen LogP contribution is 2.24. The monoisotopic (exact) mass is 330 g/mol. The van der Waals surface area contributed by atoms with Gasteiger partial charge in [0.25, 0.3) is 0 Å². The van der Waals surface area contributed by atoms with Crippen molar-refractivity contribution in [1.82, 2.24) is 19.9 Å². The molecule has 0 radical (unpaired) electrons. The number of rotatable bonds is 6.